The Morgan fingerprint density at radius 3 is 2.50 bits per heavy atom. The van der Waals surface area contributed by atoms with Crippen LogP contribution in [0.4, 0.5) is 10.1 Å². The molecule has 10 heteroatoms. The normalized spacial score (nSPS) is 11.0. The van der Waals surface area contributed by atoms with E-state index in [9.17, 15) is 12.8 Å². The van der Waals surface area contributed by atoms with E-state index in [-0.39, 0.29) is 10.0 Å². The molecule has 0 amide bonds. The van der Waals surface area contributed by atoms with E-state index < -0.39 is 15.8 Å². The predicted octanol–water partition coefficient (Wildman–Crippen LogP) is 2.67. The smallest absolute Gasteiger partial charge is 0.257 e. The third kappa shape index (κ3) is 4.78. The third-order valence-electron chi connectivity index (χ3n) is 2.83. The van der Waals surface area contributed by atoms with Gasteiger partial charge in [-0.2, -0.15) is 0 Å². The molecule has 0 radical (unpaired) electrons. The lowest BCUT2D eigenvalue weighted by Crippen LogP contribution is -2.43. The van der Waals surface area contributed by atoms with Crippen LogP contribution in [0.1, 0.15) is 0 Å². The largest absolute Gasteiger partial charge is 0.495 e. The molecule has 0 bridgehead atoms. The molecular weight excluding hydrogens is 377 g/mol. The van der Waals surface area contributed by atoms with Gasteiger partial charge >= 0.3 is 0 Å². The lowest BCUT2D eigenvalue weighted by Gasteiger charge is -2.14. The molecule has 2 aromatic rings. The Kier molecular flexibility index (Phi) is 5.94. The van der Waals surface area contributed by atoms with Crippen molar-refractivity contribution in [1.29, 1.82) is 0 Å². The summed E-state index contributed by atoms with van der Waals surface area (Å²) < 4.78 is 42.1. The van der Waals surface area contributed by atoms with Crippen molar-refractivity contribution in [3.05, 3.63) is 53.3 Å². The quantitative estimate of drug-likeness (QED) is 0.539. The Bertz CT molecular complexity index is 845. The van der Waals surface area contributed by atoms with Gasteiger partial charge in [-0.3, -0.25) is 5.43 Å². The van der Waals surface area contributed by atoms with E-state index in [1.165, 1.54) is 7.11 Å². The van der Waals surface area contributed by atoms with Crippen LogP contribution in [0.3, 0.4) is 0 Å². The molecule has 0 aliphatic rings. The Hall–Kier alpha value is -1.94. The van der Waals surface area contributed by atoms with Crippen molar-refractivity contribution < 1.29 is 17.5 Å². The van der Waals surface area contributed by atoms with Crippen molar-refractivity contribution in [1.82, 2.24) is 10.3 Å². The van der Waals surface area contributed by atoms with Crippen LogP contribution in [0, 0.1) is 5.82 Å². The molecule has 2 rings (SSSR count). The van der Waals surface area contributed by atoms with Gasteiger partial charge in [0, 0.05) is 5.02 Å². The van der Waals surface area contributed by atoms with Crippen molar-refractivity contribution in [3.8, 4) is 5.75 Å². The fourth-order valence-electron chi connectivity index (χ4n) is 1.72. The fraction of sp³-hybridized carbons (Fsp3) is 0.0714. The van der Waals surface area contributed by atoms with Crippen LogP contribution in [0.25, 0.3) is 0 Å². The second-order valence-corrected chi connectivity index (χ2v) is 7.01. The van der Waals surface area contributed by atoms with Crippen LogP contribution in [0.15, 0.2) is 47.4 Å². The summed E-state index contributed by atoms with van der Waals surface area (Å²) >= 11 is 10.9. The molecule has 2 aromatic carbocycles. The zero-order valence-electron chi connectivity index (χ0n) is 12.3. The molecule has 0 aromatic heterocycles. The summed E-state index contributed by atoms with van der Waals surface area (Å²) in [6.07, 6.45) is 0. The highest BCUT2D eigenvalue weighted by Gasteiger charge is 2.14. The maximum Gasteiger partial charge on any atom is 0.257 e. The van der Waals surface area contributed by atoms with Gasteiger partial charge in [0.2, 0.25) is 0 Å². The number of anilines is 1. The van der Waals surface area contributed by atoms with Gasteiger partial charge in [-0.15, -0.1) is 4.83 Å². The van der Waals surface area contributed by atoms with E-state index >= 15 is 0 Å². The minimum Gasteiger partial charge on any atom is -0.495 e. The Morgan fingerprint density at radius 2 is 1.88 bits per heavy atom. The topological polar surface area (TPSA) is 79.5 Å². The van der Waals surface area contributed by atoms with Crippen molar-refractivity contribution in [3.63, 3.8) is 0 Å². The predicted molar refractivity (Wildman–Crippen MR) is 94.1 cm³/mol. The first-order valence-electron chi connectivity index (χ1n) is 6.50. The van der Waals surface area contributed by atoms with E-state index in [1.54, 1.807) is 18.2 Å². The van der Waals surface area contributed by atoms with Gasteiger partial charge in [0.25, 0.3) is 10.0 Å². The Morgan fingerprint density at radius 1 is 1.21 bits per heavy atom. The summed E-state index contributed by atoms with van der Waals surface area (Å²) in [6, 6.07) is 9.20. The summed E-state index contributed by atoms with van der Waals surface area (Å²) in [7, 11) is -2.43. The average molecular weight is 390 g/mol. The zero-order chi connectivity index (χ0) is 17.7. The first-order chi connectivity index (χ1) is 11.3. The number of nitrogens with one attached hydrogen (secondary N) is 3. The molecule has 0 spiro atoms. The SMILES string of the molecule is COc1ccc(Cl)cc1NC(=S)NNS(=O)(=O)c1ccc(F)cc1. The van der Waals surface area contributed by atoms with E-state index in [2.05, 4.69) is 15.6 Å². The summed E-state index contributed by atoms with van der Waals surface area (Å²) in [5.74, 6) is -0.0583. The number of hydrazine groups is 1. The molecule has 6 nitrogen and oxygen atoms in total. The van der Waals surface area contributed by atoms with Crippen LogP contribution in [0.5, 0.6) is 5.75 Å². The number of benzene rings is 2. The summed E-state index contributed by atoms with van der Waals surface area (Å²) in [5, 5.41) is 3.18. The standard InChI is InChI=1S/C14H13ClFN3O3S2/c1-22-13-7-2-9(15)8-12(13)17-14(23)18-19-24(20,21)11-5-3-10(16)4-6-11/h2-8,19H,1H3,(H2,17,18,23). The van der Waals surface area contributed by atoms with Gasteiger partial charge in [0.1, 0.15) is 11.6 Å². The lowest BCUT2D eigenvalue weighted by atomic mass is 10.3. The number of rotatable bonds is 5. The molecule has 0 heterocycles. The zero-order valence-corrected chi connectivity index (χ0v) is 14.7. The number of sulfonamides is 1. The maximum absolute atomic E-state index is 12.9. The van der Waals surface area contributed by atoms with Crippen molar-refractivity contribution in [2.24, 2.45) is 0 Å². The number of ether oxygens (including phenoxy) is 1. The molecule has 0 aliphatic carbocycles. The number of hydrogen-bond donors (Lipinski definition) is 3. The van der Waals surface area contributed by atoms with Gasteiger partial charge in [-0.05, 0) is 54.7 Å². The summed E-state index contributed by atoms with van der Waals surface area (Å²) in [5.41, 5.74) is 2.81. The van der Waals surface area contributed by atoms with E-state index in [0.29, 0.717) is 16.5 Å². The molecule has 0 unspecified atom stereocenters. The van der Waals surface area contributed by atoms with Crippen LogP contribution >= 0.6 is 23.8 Å². The monoisotopic (exact) mass is 389 g/mol. The minimum absolute atomic E-state index is 0.0266. The Balaban J connectivity index is 2.03. The summed E-state index contributed by atoms with van der Waals surface area (Å²) in [6.45, 7) is 0. The number of methoxy groups -OCH3 is 1. The van der Waals surface area contributed by atoms with Gasteiger partial charge in [-0.25, -0.2) is 12.8 Å². The van der Waals surface area contributed by atoms with Crippen molar-refractivity contribution >= 4 is 44.6 Å². The van der Waals surface area contributed by atoms with Crippen LogP contribution in [0.2, 0.25) is 5.02 Å². The highest BCUT2D eigenvalue weighted by atomic mass is 35.5. The van der Waals surface area contributed by atoms with Gasteiger partial charge in [0.15, 0.2) is 5.11 Å². The second-order valence-electron chi connectivity index (χ2n) is 4.48. The lowest BCUT2D eigenvalue weighted by molar-refractivity contribution is 0.417. The van der Waals surface area contributed by atoms with Crippen molar-refractivity contribution in [2.75, 3.05) is 12.4 Å². The highest BCUT2D eigenvalue weighted by molar-refractivity contribution is 7.89. The van der Waals surface area contributed by atoms with Crippen molar-refractivity contribution in [2.45, 2.75) is 4.90 Å². The minimum atomic E-state index is -3.90. The van der Waals surface area contributed by atoms with Crippen LogP contribution in [-0.2, 0) is 10.0 Å². The summed E-state index contributed by atoms with van der Waals surface area (Å²) in [4.78, 5) is 1.98. The van der Waals surface area contributed by atoms with Crippen LogP contribution in [-0.4, -0.2) is 20.6 Å². The van der Waals surface area contributed by atoms with E-state index in [4.69, 9.17) is 28.6 Å². The molecule has 0 aliphatic heterocycles. The maximum atomic E-state index is 12.9. The molecule has 0 fully saturated rings. The van der Waals surface area contributed by atoms with E-state index in [0.717, 1.165) is 24.3 Å². The van der Waals surface area contributed by atoms with Crippen LogP contribution < -0.4 is 20.3 Å². The van der Waals surface area contributed by atoms with E-state index in [1.807, 2.05) is 0 Å². The first-order valence-corrected chi connectivity index (χ1v) is 8.76. The average Bonchev–Trinajstić information content (AvgIpc) is 2.54. The fourth-order valence-corrected chi connectivity index (χ4v) is 2.96. The molecule has 0 saturated carbocycles. The molecule has 0 saturated heterocycles. The highest BCUT2D eigenvalue weighted by Crippen LogP contribution is 2.27. The molecule has 0 atom stereocenters. The number of hydrogen-bond acceptors (Lipinski definition) is 4. The molecule has 128 valence electrons. The number of halogens is 2. The number of thiocarbonyl (C=S) groups is 1. The Labute approximate surface area is 149 Å². The van der Waals surface area contributed by atoms with Gasteiger partial charge < -0.3 is 10.1 Å². The van der Waals surface area contributed by atoms with Gasteiger partial charge in [-0.1, -0.05) is 11.6 Å². The molecule has 3 N–H and O–H groups in total. The molecule has 24 heavy (non-hydrogen) atoms. The first kappa shape index (κ1) is 18.4. The molecular formula is C14H13ClFN3O3S2. The third-order valence-corrected chi connectivity index (χ3v) is 4.54. The van der Waals surface area contributed by atoms with Gasteiger partial charge in [0.05, 0.1) is 17.7 Å². The second kappa shape index (κ2) is 7.75.